The number of ether oxygens (including phenoxy) is 1. The van der Waals surface area contributed by atoms with Gasteiger partial charge in [-0.15, -0.1) is 0 Å². The highest BCUT2D eigenvalue weighted by atomic mass is 35.5. The fraction of sp³-hybridized carbons (Fsp3) is 0.500. The maximum Gasteiger partial charge on any atom is 0.287 e. The number of carbonyl (C=O) groups is 1. The van der Waals surface area contributed by atoms with Crippen LogP contribution in [0.3, 0.4) is 0 Å². The molecule has 0 unspecified atom stereocenters. The van der Waals surface area contributed by atoms with Crippen LogP contribution in [0, 0.1) is 27.9 Å². The van der Waals surface area contributed by atoms with E-state index in [4.69, 9.17) is 20.8 Å². The molecule has 0 spiro atoms. The lowest BCUT2D eigenvalue weighted by Gasteiger charge is -2.56. The third kappa shape index (κ3) is 3.67. The third-order valence-corrected chi connectivity index (χ3v) is 7.11. The first-order chi connectivity index (χ1) is 14.4. The molecule has 0 atom stereocenters. The highest BCUT2D eigenvalue weighted by Gasteiger charge is 2.51. The first-order valence-electron chi connectivity index (χ1n) is 10.4. The van der Waals surface area contributed by atoms with Crippen LogP contribution in [-0.2, 0) is 6.61 Å². The molecule has 6 rings (SSSR count). The summed E-state index contributed by atoms with van der Waals surface area (Å²) in [6, 6.07) is 7.33. The summed E-state index contributed by atoms with van der Waals surface area (Å²) < 4.78 is 11.3. The summed E-state index contributed by atoms with van der Waals surface area (Å²) in [5.41, 5.74) is -0.185. The number of hydrogen-bond acceptors (Lipinski definition) is 5. The van der Waals surface area contributed by atoms with Gasteiger partial charge >= 0.3 is 0 Å². The van der Waals surface area contributed by atoms with Gasteiger partial charge in [-0.25, -0.2) is 0 Å². The Balaban J connectivity index is 1.23. The lowest BCUT2D eigenvalue weighted by molar-refractivity contribution is -0.384. The molecule has 4 fully saturated rings. The number of carbonyl (C=O) groups excluding carboxylic acids is 1. The molecule has 4 saturated carbocycles. The van der Waals surface area contributed by atoms with E-state index in [0.717, 1.165) is 37.0 Å². The van der Waals surface area contributed by atoms with Crippen LogP contribution in [-0.4, -0.2) is 16.4 Å². The van der Waals surface area contributed by atoms with Crippen molar-refractivity contribution in [2.75, 3.05) is 0 Å². The molecule has 1 heterocycles. The second kappa shape index (κ2) is 7.30. The van der Waals surface area contributed by atoms with E-state index in [0.29, 0.717) is 5.76 Å². The predicted molar refractivity (Wildman–Crippen MR) is 110 cm³/mol. The van der Waals surface area contributed by atoms with Crippen molar-refractivity contribution in [1.82, 2.24) is 5.32 Å². The average Bonchev–Trinajstić information content (AvgIpc) is 3.15. The largest absolute Gasteiger partial charge is 0.484 e. The van der Waals surface area contributed by atoms with Gasteiger partial charge in [-0.3, -0.25) is 14.9 Å². The number of nitro groups is 1. The number of nitro benzene ring substituents is 1. The quantitative estimate of drug-likeness (QED) is 0.507. The summed E-state index contributed by atoms with van der Waals surface area (Å²) in [5.74, 6) is 2.96. The molecule has 1 amide bonds. The molecule has 4 aliphatic rings. The van der Waals surface area contributed by atoms with E-state index in [-0.39, 0.29) is 40.3 Å². The van der Waals surface area contributed by atoms with Crippen LogP contribution in [0.25, 0.3) is 0 Å². The van der Waals surface area contributed by atoms with Crippen LogP contribution in [0.2, 0.25) is 5.02 Å². The lowest BCUT2D eigenvalue weighted by atomic mass is 9.53. The normalized spacial score (nSPS) is 29.0. The Kier molecular flexibility index (Phi) is 4.73. The van der Waals surface area contributed by atoms with Crippen molar-refractivity contribution in [2.24, 2.45) is 17.8 Å². The van der Waals surface area contributed by atoms with Gasteiger partial charge in [0.05, 0.1) is 16.0 Å². The van der Waals surface area contributed by atoms with Gasteiger partial charge in [0, 0.05) is 11.6 Å². The zero-order chi connectivity index (χ0) is 20.9. The molecule has 4 aliphatic carbocycles. The minimum atomic E-state index is -0.511. The van der Waals surface area contributed by atoms with Gasteiger partial charge in [-0.05, 0) is 74.5 Å². The lowest BCUT2D eigenvalue weighted by Crippen LogP contribution is -2.59. The minimum absolute atomic E-state index is 0.0194. The molecule has 0 saturated heterocycles. The number of benzene rings is 1. The van der Waals surface area contributed by atoms with Crippen molar-refractivity contribution >= 4 is 23.2 Å². The molecule has 1 aromatic heterocycles. The van der Waals surface area contributed by atoms with E-state index in [1.165, 1.54) is 37.5 Å². The number of amides is 1. The Morgan fingerprint density at radius 2 is 1.83 bits per heavy atom. The Hall–Kier alpha value is -2.54. The molecule has 1 aromatic carbocycles. The Morgan fingerprint density at radius 1 is 1.17 bits per heavy atom. The van der Waals surface area contributed by atoms with Crippen LogP contribution in [0.4, 0.5) is 5.69 Å². The highest BCUT2D eigenvalue weighted by Crippen LogP contribution is 2.55. The summed E-state index contributed by atoms with van der Waals surface area (Å²) >= 11 is 6.05. The second-order valence-electron chi connectivity index (χ2n) is 9.08. The maximum absolute atomic E-state index is 12.8. The Labute approximate surface area is 178 Å². The zero-order valence-corrected chi connectivity index (χ0v) is 17.2. The fourth-order valence-electron chi connectivity index (χ4n) is 6.01. The molecule has 1 N–H and O–H groups in total. The van der Waals surface area contributed by atoms with Crippen LogP contribution >= 0.6 is 11.6 Å². The topological polar surface area (TPSA) is 94.6 Å². The molecule has 2 aromatic rings. The van der Waals surface area contributed by atoms with Gasteiger partial charge in [0.25, 0.3) is 11.6 Å². The first-order valence-corrected chi connectivity index (χ1v) is 10.7. The monoisotopic (exact) mass is 430 g/mol. The van der Waals surface area contributed by atoms with Gasteiger partial charge in [-0.1, -0.05) is 11.6 Å². The van der Waals surface area contributed by atoms with Crippen molar-refractivity contribution in [1.29, 1.82) is 0 Å². The smallest absolute Gasteiger partial charge is 0.287 e. The molecule has 7 nitrogen and oxygen atoms in total. The summed E-state index contributed by atoms with van der Waals surface area (Å²) in [6.07, 6.45) is 7.18. The van der Waals surface area contributed by atoms with E-state index >= 15 is 0 Å². The van der Waals surface area contributed by atoms with E-state index in [9.17, 15) is 14.9 Å². The summed E-state index contributed by atoms with van der Waals surface area (Å²) in [5, 5.41) is 14.5. The molecule has 0 radical (unpaired) electrons. The Bertz CT molecular complexity index is 966. The van der Waals surface area contributed by atoms with Crippen molar-refractivity contribution in [2.45, 2.75) is 50.7 Å². The zero-order valence-electron chi connectivity index (χ0n) is 16.4. The van der Waals surface area contributed by atoms with Crippen LogP contribution in [0.5, 0.6) is 5.75 Å². The minimum Gasteiger partial charge on any atom is -0.484 e. The number of rotatable bonds is 6. The van der Waals surface area contributed by atoms with Gasteiger partial charge in [0.2, 0.25) is 0 Å². The van der Waals surface area contributed by atoms with Crippen LogP contribution in [0.15, 0.2) is 34.7 Å². The van der Waals surface area contributed by atoms with E-state index in [1.807, 2.05) is 0 Å². The molecule has 0 aliphatic heterocycles. The van der Waals surface area contributed by atoms with Gasteiger partial charge < -0.3 is 14.5 Å². The molecule has 8 heteroatoms. The maximum atomic E-state index is 12.8. The summed E-state index contributed by atoms with van der Waals surface area (Å²) in [4.78, 5) is 23.3. The van der Waals surface area contributed by atoms with Gasteiger partial charge in [0.15, 0.2) is 5.76 Å². The number of furan rings is 1. The van der Waals surface area contributed by atoms with Crippen LogP contribution < -0.4 is 10.1 Å². The second-order valence-corrected chi connectivity index (χ2v) is 9.49. The van der Waals surface area contributed by atoms with Gasteiger partial charge in [-0.2, -0.15) is 0 Å². The van der Waals surface area contributed by atoms with E-state index in [2.05, 4.69) is 5.32 Å². The Morgan fingerprint density at radius 3 is 2.47 bits per heavy atom. The number of nitrogens with zero attached hydrogens (tertiary/aromatic N) is 1. The van der Waals surface area contributed by atoms with Crippen molar-refractivity contribution in [3.63, 3.8) is 0 Å². The average molecular weight is 431 g/mol. The molecular weight excluding hydrogens is 408 g/mol. The molecule has 4 bridgehead atoms. The first kappa shape index (κ1) is 19.4. The summed E-state index contributed by atoms with van der Waals surface area (Å²) in [7, 11) is 0. The molecule has 158 valence electrons. The van der Waals surface area contributed by atoms with E-state index in [1.54, 1.807) is 12.1 Å². The van der Waals surface area contributed by atoms with E-state index < -0.39 is 4.92 Å². The van der Waals surface area contributed by atoms with Gasteiger partial charge in [0.1, 0.15) is 18.1 Å². The fourth-order valence-corrected chi connectivity index (χ4v) is 6.18. The number of halogens is 1. The molecule has 30 heavy (non-hydrogen) atoms. The molecular formula is C22H23ClN2O5. The standard InChI is InChI=1S/C22H23ClN2O5/c23-18-3-1-16(25(27)28)8-20(18)29-12-17-2-4-19(30-17)21(26)24-22-9-13-5-14(10-22)7-15(6-13)11-22/h1-4,8,13-15H,5-7,9-12H2,(H,24,26). The van der Waals surface area contributed by atoms with Crippen molar-refractivity contribution in [3.8, 4) is 5.75 Å². The number of nitrogens with one attached hydrogen (secondary N) is 1. The third-order valence-electron chi connectivity index (χ3n) is 6.80. The number of non-ortho nitro benzene ring substituents is 1. The SMILES string of the molecule is O=C(NC12CC3CC(CC(C3)C1)C2)c1ccc(COc2cc([N+](=O)[O-])ccc2Cl)o1. The number of hydrogen-bond donors (Lipinski definition) is 1. The highest BCUT2D eigenvalue weighted by molar-refractivity contribution is 6.32. The van der Waals surface area contributed by atoms with Crippen LogP contribution in [0.1, 0.15) is 54.8 Å². The predicted octanol–water partition coefficient (Wildman–Crippen LogP) is 5.12. The summed E-state index contributed by atoms with van der Waals surface area (Å²) in [6.45, 7) is 0.0194. The van der Waals surface area contributed by atoms with Crippen molar-refractivity contribution < 1.29 is 18.9 Å². The van der Waals surface area contributed by atoms with Crippen molar-refractivity contribution in [3.05, 3.63) is 57.0 Å².